The van der Waals surface area contributed by atoms with Gasteiger partial charge in [-0.15, -0.1) is 0 Å². The van der Waals surface area contributed by atoms with Crippen LogP contribution in [-0.4, -0.2) is 24.4 Å². The van der Waals surface area contributed by atoms with E-state index < -0.39 is 17.6 Å². The molecule has 1 fully saturated rings. The quantitative estimate of drug-likeness (QED) is 0.897. The molecule has 0 aliphatic heterocycles. The number of benzene rings is 1. The van der Waals surface area contributed by atoms with Crippen molar-refractivity contribution in [3.05, 3.63) is 35.4 Å². The highest BCUT2D eigenvalue weighted by atomic mass is 19.4. The van der Waals surface area contributed by atoms with Crippen molar-refractivity contribution in [3.63, 3.8) is 0 Å². The Bertz CT molecular complexity index is 535. The Morgan fingerprint density at radius 2 is 1.68 bits per heavy atom. The molecule has 0 spiro atoms. The van der Waals surface area contributed by atoms with Crippen LogP contribution in [0.15, 0.2) is 24.3 Å². The number of hydrogen-bond donors (Lipinski definition) is 2. The molecule has 2 N–H and O–H groups in total. The number of carbonyl (C=O) groups excluding carboxylic acids is 2. The zero-order valence-electron chi connectivity index (χ0n) is 11.9. The lowest BCUT2D eigenvalue weighted by molar-refractivity contribution is -0.137. The number of rotatable bonds is 4. The predicted molar refractivity (Wildman–Crippen MR) is 74.2 cm³/mol. The van der Waals surface area contributed by atoms with Crippen LogP contribution in [0.3, 0.4) is 0 Å². The molecular formula is C15H17F3N2O2. The molecule has 0 heterocycles. The first kappa shape index (κ1) is 16.3. The molecule has 1 aliphatic rings. The summed E-state index contributed by atoms with van der Waals surface area (Å²) >= 11 is 0. The van der Waals surface area contributed by atoms with Crippen LogP contribution in [0, 0.1) is 0 Å². The third kappa shape index (κ3) is 4.47. The van der Waals surface area contributed by atoms with Crippen LogP contribution in [0.5, 0.6) is 0 Å². The smallest absolute Gasteiger partial charge is 0.352 e. The second-order valence-corrected chi connectivity index (χ2v) is 5.31. The topological polar surface area (TPSA) is 58.2 Å². The van der Waals surface area contributed by atoms with E-state index in [0.717, 1.165) is 49.9 Å². The first-order valence-electron chi connectivity index (χ1n) is 7.11. The largest absolute Gasteiger partial charge is 0.416 e. The fourth-order valence-electron chi connectivity index (χ4n) is 2.42. The highest BCUT2D eigenvalue weighted by Crippen LogP contribution is 2.29. The van der Waals surface area contributed by atoms with Crippen molar-refractivity contribution in [1.82, 2.24) is 10.6 Å². The summed E-state index contributed by atoms with van der Waals surface area (Å²) in [6.45, 7) is -0.184. The highest BCUT2D eigenvalue weighted by molar-refractivity contribution is 5.96. The van der Waals surface area contributed by atoms with E-state index >= 15 is 0 Å². The summed E-state index contributed by atoms with van der Waals surface area (Å²) in [4.78, 5) is 23.4. The summed E-state index contributed by atoms with van der Waals surface area (Å²) in [5.41, 5.74) is -0.732. The predicted octanol–water partition coefficient (Wildman–Crippen LogP) is 2.49. The van der Waals surface area contributed by atoms with Gasteiger partial charge in [0.05, 0.1) is 12.1 Å². The lowest BCUT2D eigenvalue weighted by Gasteiger charge is -2.12. The van der Waals surface area contributed by atoms with Crippen LogP contribution in [0.1, 0.15) is 41.6 Å². The SMILES string of the molecule is O=C(CNC(=O)c1ccc(C(F)(F)F)cc1)NC1CCCC1. The van der Waals surface area contributed by atoms with E-state index in [0.29, 0.717) is 0 Å². The lowest BCUT2D eigenvalue weighted by Crippen LogP contribution is -2.40. The van der Waals surface area contributed by atoms with Crippen molar-refractivity contribution in [2.24, 2.45) is 0 Å². The minimum atomic E-state index is -4.43. The summed E-state index contributed by atoms with van der Waals surface area (Å²) < 4.78 is 37.2. The zero-order chi connectivity index (χ0) is 16.2. The standard InChI is InChI=1S/C15H17F3N2O2/c16-15(17,18)11-7-5-10(6-8-11)14(22)19-9-13(21)20-12-3-1-2-4-12/h5-8,12H,1-4,9H2,(H,19,22)(H,20,21). The van der Waals surface area contributed by atoms with Gasteiger partial charge in [-0.05, 0) is 37.1 Å². The number of nitrogens with one attached hydrogen (secondary N) is 2. The maximum absolute atomic E-state index is 12.4. The second-order valence-electron chi connectivity index (χ2n) is 5.31. The van der Waals surface area contributed by atoms with E-state index in [-0.39, 0.29) is 24.1 Å². The average molecular weight is 314 g/mol. The van der Waals surface area contributed by atoms with Gasteiger partial charge in [-0.3, -0.25) is 9.59 Å². The molecule has 0 aromatic heterocycles. The van der Waals surface area contributed by atoms with Crippen molar-refractivity contribution in [2.45, 2.75) is 37.9 Å². The molecule has 1 aromatic carbocycles. The van der Waals surface area contributed by atoms with Gasteiger partial charge < -0.3 is 10.6 Å². The minimum Gasteiger partial charge on any atom is -0.352 e. The van der Waals surface area contributed by atoms with Crippen LogP contribution < -0.4 is 10.6 Å². The van der Waals surface area contributed by atoms with Gasteiger partial charge in [-0.2, -0.15) is 13.2 Å². The van der Waals surface area contributed by atoms with E-state index in [1.807, 2.05) is 0 Å². The molecule has 1 aromatic rings. The van der Waals surface area contributed by atoms with Gasteiger partial charge in [-0.1, -0.05) is 12.8 Å². The summed E-state index contributed by atoms with van der Waals surface area (Å²) in [7, 11) is 0. The molecule has 7 heteroatoms. The van der Waals surface area contributed by atoms with E-state index in [4.69, 9.17) is 0 Å². The van der Waals surface area contributed by atoms with E-state index in [9.17, 15) is 22.8 Å². The Balaban J connectivity index is 1.82. The normalized spacial score (nSPS) is 15.6. The van der Waals surface area contributed by atoms with Crippen molar-refractivity contribution in [3.8, 4) is 0 Å². The minimum absolute atomic E-state index is 0.0849. The van der Waals surface area contributed by atoms with Gasteiger partial charge in [0.15, 0.2) is 0 Å². The molecule has 0 unspecified atom stereocenters. The third-order valence-corrected chi connectivity index (χ3v) is 3.60. The molecule has 2 rings (SSSR count). The van der Waals surface area contributed by atoms with Crippen molar-refractivity contribution < 1.29 is 22.8 Å². The first-order chi connectivity index (χ1) is 10.4. The van der Waals surface area contributed by atoms with Crippen LogP contribution in [0.4, 0.5) is 13.2 Å². The summed E-state index contributed by atoms with van der Waals surface area (Å²) in [6, 6.07) is 4.02. The molecule has 0 atom stereocenters. The molecule has 120 valence electrons. The van der Waals surface area contributed by atoms with Crippen molar-refractivity contribution in [1.29, 1.82) is 0 Å². The molecule has 0 radical (unpaired) electrons. The number of alkyl halides is 3. The number of carbonyl (C=O) groups is 2. The molecule has 0 saturated heterocycles. The van der Waals surface area contributed by atoms with Crippen molar-refractivity contribution in [2.75, 3.05) is 6.54 Å². The molecule has 0 bridgehead atoms. The molecule has 1 saturated carbocycles. The summed E-state index contributed by atoms with van der Waals surface area (Å²) in [6.07, 6.45) is -0.376. The molecule has 2 amide bonds. The molecule has 1 aliphatic carbocycles. The van der Waals surface area contributed by atoms with E-state index in [1.165, 1.54) is 0 Å². The zero-order valence-corrected chi connectivity index (χ0v) is 11.9. The summed E-state index contributed by atoms with van der Waals surface area (Å²) in [5, 5.41) is 5.21. The van der Waals surface area contributed by atoms with Crippen molar-refractivity contribution >= 4 is 11.8 Å². The average Bonchev–Trinajstić information content (AvgIpc) is 2.97. The monoisotopic (exact) mass is 314 g/mol. The van der Waals surface area contributed by atoms with Gasteiger partial charge in [0, 0.05) is 11.6 Å². The maximum atomic E-state index is 12.4. The summed E-state index contributed by atoms with van der Waals surface area (Å²) in [5.74, 6) is -0.859. The Labute approximate surface area is 126 Å². The van der Waals surface area contributed by atoms with Crippen LogP contribution >= 0.6 is 0 Å². The van der Waals surface area contributed by atoms with Gasteiger partial charge in [-0.25, -0.2) is 0 Å². The fraction of sp³-hybridized carbons (Fsp3) is 0.467. The van der Waals surface area contributed by atoms with Crippen LogP contribution in [0.25, 0.3) is 0 Å². The Hall–Kier alpha value is -2.05. The van der Waals surface area contributed by atoms with E-state index in [2.05, 4.69) is 10.6 Å². The van der Waals surface area contributed by atoms with Gasteiger partial charge in [0.2, 0.25) is 5.91 Å². The molecule has 4 nitrogen and oxygen atoms in total. The maximum Gasteiger partial charge on any atom is 0.416 e. The number of halogens is 3. The first-order valence-corrected chi connectivity index (χ1v) is 7.11. The van der Waals surface area contributed by atoms with Gasteiger partial charge in [0.1, 0.15) is 0 Å². The Morgan fingerprint density at radius 1 is 1.09 bits per heavy atom. The molecule has 22 heavy (non-hydrogen) atoms. The van der Waals surface area contributed by atoms with E-state index in [1.54, 1.807) is 0 Å². The van der Waals surface area contributed by atoms with Gasteiger partial charge in [0.25, 0.3) is 5.91 Å². The van der Waals surface area contributed by atoms with Crippen LogP contribution in [0.2, 0.25) is 0 Å². The number of hydrogen-bond acceptors (Lipinski definition) is 2. The highest BCUT2D eigenvalue weighted by Gasteiger charge is 2.30. The fourth-order valence-corrected chi connectivity index (χ4v) is 2.42. The Morgan fingerprint density at radius 3 is 2.23 bits per heavy atom. The number of amides is 2. The third-order valence-electron chi connectivity index (χ3n) is 3.60. The molecular weight excluding hydrogens is 297 g/mol. The Kier molecular flexibility index (Phi) is 5.05. The second kappa shape index (κ2) is 6.81. The van der Waals surface area contributed by atoms with Crippen LogP contribution in [-0.2, 0) is 11.0 Å². The lowest BCUT2D eigenvalue weighted by atomic mass is 10.1. The van der Waals surface area contributed by atoms with Gasteiger partial charge >= 0.3 is 6.18 Å².